The quantitative estimate of drug-likeness (QED) is 0.0264. The Hall–Kier alpha value is -8.32. The van der Waals surface area contributed by atoms with E-state index in [1.165, 1.54) is 395 Å². The zero-order valence-corrected chi connectivity index (χ0v) is 75.7. The third-order valence-corrected chi connectivity index (χ3v) is 30.6. The van der Waals surface area contributed by atoms with Gasteiger partial charge in [0.25, 0.3) is 0 Å². The molecule has 16 rings (SSSR count). The number of hydrogen-bond donors (Lipinski definition) is 0. The SMILES string of the molecule is CCCCCCC1(CCCCCC)c2ccccc2-c2ccc(-c3cc(-c4ccc5c(c4)C(CCCCCC)(CCCCCC)c4cc(C)ccc4-5)c4ccc5c(-c6ccc7c(c6)C(CCCCCC)(CCCCCC)c6cc(C)ccc6-7)cc(-c6ccc7c(c6)C(CCCCCC)(CCCCCC)c6cc(C)ccc6-7)c6ccc3c4c65)cc21. The molecule has 0 aliphatic heterocycles. The number of benzene rings is 12. The van der Waals surface area contributed by atoms with Crippen LogP contribution in [0.25, 0.3) is 121 Å². The van der Waals surface area contributed by atoms with E-state index >= 15 is 0 Å². The summed E-state index contributed by atoms with van der Waals surface area (Å²) in [5, 5.41) is 8.34. The Morgan fingerprint density at radius 3 is 0.605 bits per heavy atom. The molecule has 0 radical (unpaired) electrons. The van der Waals surface area contributed by atoms with Gasteiger partial charge in [0.2, 0.25) is 0 Å². The second-order valence-electron chi connectivity index (χ2n) is 38.6. The Morgan fingerprint density at radius 1 is 0.168 bits per heavy atom. The normalized spacial score (nSPS) is 14.6. The van der Waals surface area contributed by atoms with Gasteiger partial charge in [-0.2, -0.15) is 0 Å². The van der Waals surface area contributed by atoms with Crippen molar-refractivity contribution in [3.63, 3.8) is 0 Å². The topological polar surface area (TPSA) is 0 Å². The Bertz CT molecular complexity index is 5320. The molecule has 4 aliphatic carbocycles. The molecule has 0 spiro atoms. The maximum absolute atomic E-state index is 2.79. The molecule has 0 N–H and O–H groups in total. The van der Waals surface area contributed by atoms with E-state index in [0.717, 1.165) is 0 Å². The van der Waals surface area contributed by atoms with Crippen molar-refractivity contribution in [2.45, 2.75) is 355 Å². The van der Waals surface area contributed by atoms with Crippen LogP contribution < -0.4 is 0 Å². The lowest BCUT2D eigenvalue weighted by atomic mass is 9.69. The first-order valence-corrected chi connectivity index (χ1v) is 49.2. The predicted molar refractivity (Wildman–Crippen MR) is 521 cm³/mol. The van der Waals surface area contributed by atoms with Crippen LogP contribution in [0, 0.1) is 20.8 Å². The highest BCUT2D eigenvalue weighted by Crippen LogP contribution is 2.62. The highest BCUT2D eigenvalue weighted by Gasteiger charge is 2.47. The lowest BCUT2D eigenvalue weighted by Gasteiger charge is -2.34. The minimum Gasteiger partial charge on any atom is -0.0654 e. The van der Waals surface area contributed by atoms with Gasteiger partial charge in [-0.1, -0.05) is 429 Å². The van der Waals surface area contributed by atoms with Gasteiger partial charge in [-0.25, -0.2) is 0 Å². The molecule has 0 saturated carbocycles. The van der Waals surface area contributed by atoms with Crippen LogP contribution in [-0.2, 0) is 21.7 Å². The third kappa shape index (κ3) is 15.8. The van der Waals surface area contributed by atoms with E-state index in [9.17, 15) is 0 Å². The van der Waals surface area contributed by atoms with E-state index in [1.54, 1.807) is 44.5 Å². The van der Waals surface area contributed by atoms with Gasteiger partial charge in [-0.05, 0) is 274 Å². The van der Waals surface area contributed by atoms with Crippen molar-refractivity contribution in [1.82, 2.24) is 0 Å². The van der Waals surface area contributed by atoms with Crippen molar-refractivity contribution in [2.24, 2.45) is 0 Å². The summed E-state index contributed by atoms with van der Waals surface area (Å²) < 4.78 is 0. The van der Waals surface area contributed by atoms with Gasteiger partial charge in [0.15, 0.2) is 0 Å². The molecule has 119 heavy (non-hydrogen) atoms. The average Bonchev–Trinajstić information content (AvgIpc) is 1.43. The first-order valence-electron chi connectivity index (χ1n) is 49.2. The van der Waals surface area contributed by atoms with E-state index in [4.69, 9.17) is 0 Å². The van der Waals surface area contributed by atoms with Crippen molar-refractivity contribution in [3.05, 3.63) is 249 Å². The Labute approximate surface area is 720 Å². The zero-order valence-electron chi connectivity index (χ0n) is 75.7. The summed E-state index contributed by atoms with van der Waals surface area (Å²) in [6, 6.07) is 80.2. The molecule has 0 aromatic heterocycles. The van der Waals surface area contributed by atoms with Gasteiger partial charge < -0.3 is 0 Å². The van der Waals surface area contributed by atoms with Gasteiger partial charge in [0.1, 0.15) is 0 Å². The Balaban J connectivity index is 1.00. The van der Waals surface area contributed by atoms with E-state index in [0.29, 0.717) is 0 Å². The molecule has 12 aromatic carbocycles. The van der Waals surface area contributed by atoms with Gasteiger partial charge in [-0.3, -0.25) is 0 Å². The maximum Gasteiger partial charge on any atom is 0.0215 e. The van der Waals surface area contributed by atoms with Crippen LogP contribution in [0.15, 0.2) is 188 Å². The summed E-state index contributed by atoms with van der Waals surface area (Å²) in [4.78, 5) is 0. The standard InChI is InChI=1S/C119H144/c1-12-20-28-38-66-116(67-39-29-21-13-2)106-47-37-36-46-90(106)94-58-51-86(77-110(94)116)102-81-103(87-52-59-95-91-55-48-83(9)74-107(91)117(111(95)78-87,68-40-30-22-14-3)69-41-31-23-15-4)99-64-65-101-105(89-54-61-97-93-57-50-85(11)76-109(93)119(113(97)80-89,72-44-34-26-18-7)73-45-35-27-19-8)82-104(100-63-62-98(102)114(99)115(100)101)88-53-60-96-92-56-49-84(10)75-108(92)118(112(96)79-88,70-42-32-24-16-5)71-43-33-25-17-6/h36-37,46-65,74-82H,12-35,38-45,66-73H2,1-11H3. The molecule has 0 heterocycles. The summed E-state index contributed by atoms with van der Waals surface area (Å²) in [6.07, 6.45) is 50.1. The number of hydrogen-bond acceptors (Lipinski definition) is 0. The Kier molecular flexibility index (Phi) is 26.6. The van der Waals surface area contributed by atoms with Crippen molar-refractivity contribution in [1.29, 1.82) is 0 Å². The average molecular weight is 1570 g/mol. The van der Waals surface area contributed by atoms with Crippen LogP contribution in [0.5, 0.6) is 0 Å². The summed E-state index contributed by atoms with van der Waals surface area (Å²) in [5.41, 5.74) is 39.2. The van der Waals surface area contributed by atoms with E-state index < -0.39 is 0 Å². The molecule has 0 unspecified atom stereocenters. The lowest BCUT2D eigenvalue weighted by Crippen LogP contribution is -2.25. The number of unbranched alkanes of at least 4 members (excludes halogenated alkanes) is 24. The third-order valence-electron chi connectivity index (χ3n) is 30.6. The predicted octanol–water partition coefficient (Wildman–Crippen LogP) is 37.0. The van der Waals surface area contributed by atoms with E-state index in [1.807, 2.05) is 0 Å². The summed E-state index contributed by atoms with van der Waals surface area (Å²) in [5.74, 6) is 0. The van der Waals surface area contributed by atoms with Gasteiger partial charge in [-0.15, -0.1) is 0 Å². The van der Waals surface area contributed by atoms with Gasteiger partial charge in [0.05, 0.1) is 0 Å². The van der Waals surface area contributed by atoms with Crippen molar-refractivity contribution in [2.75, 3.05) is 0 Å². The van der Waals surface area contributed by atoms with Crippen molar-refractivity contribution >= 4 is 32.3 Å². The van der Waals surface area contributed by atoms with Crippen LogP contribution in [-0.4, -0.2) is 0 Å². The molecule has 0 fully saturated rings. The van der Waals surface area contributed by atoms with Crippen molar-refractivity contribution in [3.8, 4) is 89.0 Å². The van der Waals surface area contributed by atoms with Crippen LogP contribution in [0.2, 0.25) is 0 Å². The van der Waals surface area contributed by atoms with Crippen molar-refractivity contribution < 1.29 is 0 Å². The van der Waals surface area contributed by atoms with E-state index in [-0.39, 0.29) is 21.7 Å². The monoisotopic (exact) mass is 1570 g/mol. The first kappa shape index (κ1) is 84.3. The zero-order chi connectivity index (χ0) is 82.3. The smallest absolute Gasteiger partial charge is 0.0215 e. The molecule has 0 bridgehead atoms. The molecular weight excluding hydrogens is 1430 g/mol. The van der Waals surface area contributed by atoms with Crippen LogP contribution >= 0.6 is 0 Å². The second-order valence-corrected chi connectivity index (χ2v) is 38.6. The van der Waals surface area contributed by atoms with E-state index in [2.05, 4.69) is 264 Å². The van der Waals surface area contributed by atoms with Crippen LogP contribution in [0.1, 0.15) is 373 Å². The number of aryl methyl sites for hydroxylation is 3. The summed E-state index contributed by atoms with van der Waals surface area (Å²) in [7, 11) is 0. The highest BCUT2D eigenvalue weighted by atomic mass is 14.5. The fraction of sp³-hybridized carbons (Fsp3) is 0.462. The summed E-state index contributed by atoms with van der Waals surface area (Å²) >= 11 is 0. The molecular formula is C119H144. The number of rotatable bonds is 44. The minimum absolute atomic E-state index is 0.0535. The Morgan fingerprint density at radius 2 is 0.370 bits per heavy atom. The van der Waals surface area contributed by atoms with Crippen LogP contribution in [0.3, 0.4) is 0 Å². The molecule has 0 saturated heterocycles. The first-order chi connectivity index (χ1) is 58.4. The molecule has 0 heteroatoms. The molecule has 0 amide bonds. The lowest BCUT2D eigenvalue weighted by molar-refractivity contribution is 0.401. The number of fused-ring (bicyclic) bond motifs is 12. The highest BCUT2D eigenvalue weighted by molar-refractivity contribution is 6.32. The fourth-order valence-electron chi connectivity index (χ4n) is 24.4. The second kappa shape index (κ2) is 37.6. The van der Waals surface area contributed by atoms with Crippen LogP contribution in [0.4, 0.5) is 0 Å². The molecule has 0 atom stereocenters. The fourth-order valence-corrected chi connectivity index (χ4v) is 24.4. The van der Waals surface area contributed by atoms with Gasteiger partial charge in [0, 0.05) is 21.7 Å². The molecule has 4 aliphatic rings. The molecule has 620 valence electrons. The summed E-state index contributed by atoms with van der Waals surface area (Å²) in [6.45, 7) is 26.1. The largest absolute Gasteiger partial charge is 0.0654 e. The maximum atomic E-state index is 2.79. The minimum atomic E-state index is -0.0615. The van der Waals surface area contributed by atoms with Gasteiger partial charge >= 0.3 is 0 Å². The molecule has 12 aromatic rings. The molecule has 0 nitrogen and oxygen atoms in total.